The van der Waals surface area contributed by atoms with E-state index in [1.807, 2.05) is 12.1 Å². The Morgan fingerprint density at radius 3 is 2.33 bits per heavy atom. The molecule has 2 aromatic heterocycles. The smallest absolute Gasteiger partial charge is 0.249 e. The van der Waals surface area contributed by atoms with Gasteiger partial charge in [0.25, 0.3) is 0 Å². The van der Waals surface area contributed by atoms with Gasteiger partial charge in [-0.25, -0.2) is 4.57 Å². The second-order valence-corrected chi connectivity index (χ2v) is 7.18. The number of aromatic nitrogens is 2. The van der Waals surface area contributed by atoms with E-state index in [2.05, 4.69) is 91.1 Å². The van der Waals surface area contributed by atoms with Gasteiger partial charge in [-0.15, -0.1) is 0 Å². The molecule has 0 aliphatic rings. The average molecular weight is 353 g/mol. The van der Waals surface area contributed by atoms with Crippen LogP contribution >= 0.6 is 0 Å². The highest BCUT2D eigenvalue weighted by Crippen LogP contribution is 2.35. The summed E-state index contributed by atoms with van der Waals surface area (Å²) < 4.78 is 10.6. The first-order valence-corrected chi connectivity index (χ1v) is 9.18. The molecule has 0 N–H and O–H groups in total. The minimum atomic E-state index is 0.919. The van der Waals surface area contributed by atoms with Crippen LogP contribution in [0.15, 0.2) is 77.6 Å². The molecule has 5 rings (SSSR count). The Morgan fingerprint density at radius 2 is 1.52 bits per heavy atom. The molecular weight excluding hydrogens is 332 g/mol. The third-order valence-electron chi connectivity index (χ3n) is 5.26. The van der Waals surface area contributed by atoms with Crippen LogP contribution in [0.25, 0.3) is 38.9 Å². The molecule has 5 aromatic rings. The molecule has 3 heteroatoms. The lowest BCUT2D eigenvalue weighted by molar-refractivity contribution is -0.670. The van der Waals surface area contributed by atoms with Crippen LogP contribution in [0.2, 0.25) is 0 Å². The van der Waals surface area contributed by atoms with Gasteiger partial charge >= 0.3 is 0 Å². The zero-order chi connectivity index (χ0) is 18.5. The van der Waals surface area contributed by atoms with Crippen molar-refractivity contribution in [3.63, 3.8) is 0 Å². The average Bonchev–Trinajstić information content (AvgIpc) is 3.22. The van der Waals surface area contributed by atoms with Crippen molar-refractivity contribution in [3.05, 3.63) is 84.3 Å². The molecule has 3 nitrogen and oxygen atoms in total. The molecule has 0 atom stereocenters. The summed E-state index contributed by atoms with van der Waals surface area (Å²) >= 11 is 0. The maximum absolute atomic E-state index is 6.27. The monoisotopic (exact) mass is 353 g/mol. The van der Waals surface area contributed by atoms with E-state index in [0.29, 0.717) is 0 Å². The van der Waals surface area contributed by atoms with Crippen molar-refractivity contribution in [1.82, 2.24) is 4.57 Å². The highest BCUT2D eigenvalue weighted by atomic mass is 16.3. The number of imidazole rings is 1. The second kappa shape index (κ2) is 5.85. The third kappa shape index (κ3) is 2.39. The van der Waals surface area contributed by atoms with Crippen LogP contribution in [0.1, 0.15) is 11.1 Å². The Labute approximate surface area is 158 Å². The largest absolute Gasteiger partial charge is 0.452 e. The maximum Gasteiger partial charge on any atom is 0.249 e. The van der Waals surface area contributed by atoms with Crippen LogP contribution in [0.5, 0.6) is 0 Å². The minimum absolute atomic E-state index is 0.919. The minimum Gasteiger partial charge on any atom is -0.452 e. The number of aryl methyl sites for hydroxylation is 3. The first-order chi connectivity index (χ1) is 13.1. The number of rotatable bonds is 2. The van der Waals surface area contributed by atoms with Gasteiger partial charge in [0.05, 0.1) is 7.05 Å². The molecule has 0 saturated carbocycles. The van der Waals surface area contributed by atoms with Crippen molar-refractivity contribution in [1.29, 1.82) is 0 Å². The predicted molar refractivity (Wildman–Crippen MR) is 109 cm³/mol. The molecule has 2 heterocycles. The predicted octanol–water partition coefficient (Wildman–Crippen LogP) is 5.49. The van der Waals surface area contributed by atoms with Gasteiger partial charge < -0.3 is 4.42 Å². The molecule has 27 heavy (non-hydrogen) atoms. The number of furan rings is 1. The summed E-state index contributed by atoms with van der Waals surface area (Å²) in [5.41, 5.74) is 7.88. The van der Waals surface area contributed by atoms with E-state index in [1.165, 1.54) is 22.4 Å². The number of fused-ring (bicyclic) bond motifs is 3. The van der Waals surface area contributed by atoms with Gasteiger partial charge in [0.1, 0.15) is 11.8 Å². The van der Waals surface area contributed by atoms with E-state index in [-0.39, 0.29) is 0 Å². The van der Waals surface area contributed by atoms with Crippen molar-refractivity contribution < 1.29 is 8.98 Å². The van der Waals surface area contributed by atoms with Crippen LogP contribution in [-0.4, -0.2) is 4.57 Å². The molecule has 0 spiro atoms. The molecule has 0 aliphatic carbocycles. The fourth-order valence-corrected chi connectivity index (χ4v) is 4.05. The van der Waals surface area contributed by atoms with Crippen LogP contribution in [0.3, 0.4) is 0 Å². The second-order valence-electron chi connectivity index (χ2n) is 7.18. The summed E-state index contributed by atoms with van der Waals surface area (Å²) in [5, 5.41) is 2.30. The Kier molecular flexibility index (Phi) is 3.44. The molecule has 0 radical (unpaired) electrons. The van der Waals surface area contributed by atoms with Gasteiger partial charge in [-0.1, -0.05) is 48.5 Å². The SMILES string of the molecule is Cc1cccc(C)c1-c1c[n+](C)cn1-c1cccc2c1oc1ccccc12. The quantitative estimate of drug-likeness (QED) is 0.385. The molecule has 0 saturated heterocycles. The summed E-state index contributed by atoms with van der Waals surface area (Å²) in [5.74, 6) is 0. The molecule has 0 amide bonds. The molecule has 0 fully saturated rings. The number of hydrogen-bond acceptors (Lipinski definition) is 1. The van der Waals surface area contributed by atoms with Gasteiger partial charge in [0.15, 0.2) is 17.0 Å². The number of benzene rings is 3. The standard InChI is InChI=1S/C24H21N2O/c1-16-8-6-9-17(2)23(16)21-14-25(3)15-26(21)20-12-7-11-19-18-10-4-5-13-22(18)27-24(19)20/h4-15H,1-3H3/q+1. The van der Waals surface area contributed by atoms with E-state index in [4.69, 9.17) is 4.42 Å². The molecule has 3 aromatic carbocycles. The molecule has 132 valence electrons. The van der Waals surface area contributed by atoms with Crippen molar-refractivity contribution in [3.8, 4) is 16.9 Å². The van der Waals surface area contributed by atoms with E-state index in [9.17, 15) is 0 Å². The highest BCUT2D eigenvalue weighted by Gasteiger charge is 2.22. The summed E-state index contributed by atoms with van der Waals surface area (Å²) in [7, 11) is 2.06. The lowest BCUT2D eigenvalue weighted by Crippen LogP contribution is -2.23. The molecular formula is C24H21N2O+. The van der Waals surface area contributed by atoms with E-state index >= 15 is 0 Å². The number of nitrogens with zero attached hydrogens (tertiary/aromatic N) is 2. The van der Waals surface area contributed by atoms with Crippen LogP contribution < -0.4 is 4.57 Å². The van der Waals surface area contributed by atoms with Gasteiger partial charge in [0, 0.05) is 16.3 Å². The fourth-order valence-electron chi connectivity index (χ4n) is 4.05. The lowest BCUT2D eigenvalue weighted by atomic mass is 10.00. The van der Waals surface area contributed by atoms with Crippen molar-refractivity contribution in [2.24, 2.45) is 7.05 Å². The molecule has 0 aliphatic heterocycles. The van der Waals surface area contributed by atoms with Crippen molar-refractivity contribution in [2.45, 2.75) is 13.8 Å². The van der Waals surface area contributed by atoms with Crippen LogP contribution in [0, 0.1) is 13.8 Å². The van der Waals surface area contributed by atoms with Gasteiger partial charge in [-0.2, -0.15) is 4.57 Å². The van der Waals surface area contributed by atoms with Crippen molar-refractivity contribution in [2.75, 3.05) is 0 Å². The first-order valence-electron chi connectivity index (χ1n) is 9.18. The highest BCUT2D eigenvalue weighted by molar-refractivity contribution is 6.07. The number of para-hydroxylation sites is 2. The van der Waals surface area contributed by atoms with Crippen LogP contribution in [-0.2, 0) is 7.05 Å². The molecule has 0 bridgehead atoms. The lowest BCUT2D eigenvalue weighted by Gasteiger charge is -2.08. The summed E-state index contributed by atoms with van der Waals surface area (Å²) in [4.78, 5) is 0. The Balaban J connectivity index is 1.85. The Morgan fingerprint density at radius 1 is 0.815 bits per heavy atom. The Hall–Kier alpha value is -3.33. The summed E-state index contributed by atoms with van der Waals surface area (Å²) in [6.45, 7) is 4.34. The molecule has 0 unspecified atom stereocenters. The summed E-state index contributed by atoms with van der Waals surface area (Å²) in [6.07, 6.45) is 4.29. The summed E-state index contributed by atoms with van der Waals surface area (Å²) in [6, 6.07) is 21.0. The fraction of sp³-hybridized carbons (Fsp3) is 0.125. The zero-order valence-corrected chi connectivity index (χ0v) is 15.7. The number of hydrogen-bond donors (Lipinski definition) is 0. The van der Waals surface area contributed by atoms with Crippen LogP contribution in [0.4, 0.5) is 0 Å². The topological polar surface area (TPSA) is 21.9 Å². The van der Waals surface area contributed by atoms with E-state index < -0.39 is 0 Å². The van der Waals surface area contributed by atoms with E-state index in [1.54, 1.807) is 0 Å². The maximum atomic E-state index is 6.27. The normalized spacial score (nSPS) is 11.5. The Bertz CT molecular complexity index is 1290. The zero-order valence-electron chi connectivity index (χ0n) is 15.7. The van der Waals surface area contributed by atoms with Gasteiger partial charge in [-0.3, -0.25) is 0 Å². The first kappa shape index (κ1) is 15.9. The van der Waals surface area contributed by atoms with E-state index in [0.717, 1.165) is 27.6 Å². The van der Waals surface area contributed by atoms with Crippen molar-refractivity contribution >= 4 is 21.9 Å². The van der Waals surface area contributed by atoms with Gasteiger partial charge in [-0.05, 0) is 37.1 Å². The van der Waals surface area contributed by atoms with Gasteiger partial charge in [0.2, 0.25) is 6.33 Å². The third-order valence-corrected chi connectivity index (χ3v) is 5.26.